The number of anilines is 2. The lowest BCUT2D eigenvalue weighted by Gasteiger charge is -2.05. The number of alkyl halides is 1. The Balaban J connectivity index is 2.19. The van der Waals surface area contributed by atoms with Gasteiger partial charge in [0.2, 0.25) is 5.89 Å². The molecule has 90 valence electrons. The van der Waals surface area contributed by atoms with E-state index >= 15 is 0 Å². The molecule has 2 rings (SSSR count). The van der Waals surface area contributed by atoms with Crippen LogP contribution in [-0.2, 0) is 0 Å². The smallest absolute Gasteiger partial charge is 0.320 e. The Labute approximate surface area is 113 Å². The Bertz CT molecular complexity index is 527. The number of hydrogen-bond acceptors (Lipinski definition) is 4. The molecule has 0 saturated carbocycles. The number of nitrogens with zero attached hydrogens (tertiary/aromatic N) is 2. The van der Waals surface area contributed by atoms with Crippen LogP contribution in [0.5, 0.6) is 0 Å². The van der Waals surface area contributed by atoms with Gasteiger partial charge in [0.15, 0.2) is 0 Å². The maximum atomic E-state index is 5.84. The van der Waals surface area contributed by atoms with Crippen molar-refractivity contribution in [3.8, 4) is 0 Å². The first-order valence-electron chi connectivity index (χ1n) is 5.07. The third kappa shape index (κ3) is 2.98. The van der Waals surface area contributed by atoms with Crippen LogP contribution in [0.15, 0.2) is 27.1 Å². The molecule has 0 aliphatic rings. The SMILES string of the molecule is Cc1cc(Br)ccc1Nc1nnc(C(C)Cl)o1. The molecule has 0 aliphatic carbocycles. The van der Waals surface area contributed by atoms with E-state index in [0.717, 1.165) is 15.7 Å². The minimum absolute atomic E-state index is 0.288. The van der Waals surface area contributed by atoms with Crippen molar-refractivity contribution >= 4 is 39.2 Å². The summed E-state index contributed by atoms with van der Waals surface area (Å²) in [5.41, 5.74) is 2.00. The number of halogens is 2. The average molecular weight is 317 g/mol. The Kier molecular flexibility index (Phi) is 3.69. The van der Waals surface area contributed by atoms with Crippen LogP contribution in [0.2, 0.25) is 0 Å². The van der Waals surface area contributed by atoms with Gasteiger partial charge < -0.3 is 9.73 Å². The summed E-state index contributed by atoms with van der Waals surface area (Å²) < 4.78 is 6.39. The third-order valence-electron chi connectivity index (χ3n) is 2.21. The van der Waals surface area contributed by atoms with Gasteiger partial charge in [-0.05, 0) is 37.6 Å². The summed E-state index contributed by atoms with van der Waals surface area (Å²) in [4.78, 5) is 0. The fourth-order valence-corrected chi connectivity index (χ4v) is 1.89. The fraction of sp³-hybridized carbons (Fsp3) is 0.273. The molecule has 0 radical (unpaired) electrons. The summed E-state index contributed by atoms with van der Waals surface area (Å²) in [6, 6.07) is 6.23. The second-order valence-electron chi connectivity index (χ2n) is 3.65. The molecular formula is C11H11BrClN3O. The lowest BCUT2D eigenvalue weighted by Crippen LogP contribution is -1.93. The van der Waals surface area contributed by atoms with Crippen molar-refractivity contribution in [1.82, 2.24) is 10.2 Å². The first-order valence-corrected chi connectivity index (χ1v) is 6.30. The van der Waals surface area contributed by atoms with Crippen LogP contribution in [0.1, 0.15) is 23.8 Å². The molecule has 0 amide bonds. The van der Waals surface area contributed by atoms with Crippen LogP contribution in [0.3, 0.4) is 0 Å². The summed E-state index contributed by atoms with van der Waals surface area (Å²) in [6.45, 7) is 3.78. The predicted octanol–water partition coefficient (Wildman–Crippen LogP) is 4.18. The van der Waals surface area contributed by atoms with E-state index in [1.807, 2.05) is 25.1 Å². The Morgan fingerprint density at radius 1 is 1.41 bits per heavy atom. The van der Waals surface area contributed by atoms with Crippen LogP contribution < -0.4 is 5.32 Å². The van der Waals surface area contributed by atoms with E-state index in [0.29, 0.717) is 11.9 Å². The number of aryl methyl sites for hydroxylation is 1. The number of aromatic nitrogens is 2. The van der Waals surface area contributed by atoms with Gasteiger partial charge in [-0.15, -0.1) is 16.7 Å². The zero-order valence-corrected chi connectivity index (χ0v) is 11.7. The number of nitrogens with one attached hydrogen (secondary N) is 1. The molecule has 1 atom stereocenters. The van der Waals surface area contributed by atoms with Crippen molar-refractivity contribution in [3.63, 3.8) is 0 Å². The van der Waals surface area contributed by atoms with Gasteiger partial charge in [0.05, 0.1) is 0 Å². The number of rotatable bonds is 3. The van der Waals surface area contributed by atoms with E-state index in [1.165, 1.54) is 0 Å². The molecule has 1 aromatic heterocycles. The van der Waals surface area contributed by atoms with Gasteiger partial charge in [0.1, 0.15) is 5.38 Å². The molecule has 4 nitrogen and oxygen atoms in total. The van der Waals surface area contributed by atoms with Crippen molar-refractivity contribution in [2.24, 2.45) is 0 Å². The molecule has 6 heteroatoms. The minimum Gasteiger partial charge on any atom is -0.406 e. The van der Waals surface area contributed by atoms with Crippen molar-refractivity contribution in [3.05, 3.63) is 34.1 Å². The van der Waals surface area contributed by atoms with E-state index < -0.39 is 0 Å². The topological polar surface area (TPSA) is 51.0 Å². The van der Waals surface area contributed by atoms with Crippen LogP contribution >= 0.6 is 27.5 Å². The Morgan fingerprint density at radius 2 is 2.18 bits per heavy atom. The van der Waals surface area contributed by atoms with Crippen LogP contribution in [0.25, 0.3) is 0 Å². The van der Waals surface area contributed by atoms with Gasteiger partial charge in [0.25, 0.3) is 0 Å². The van der Waals surface area contributed by atoms with Gasteiger partial charge in [-0.25, -0.2) is 0 Å². The first-order chi connectivity index (χ1) is 8.06. The zero-order chi connectivity index (χ0) is 12.4. The largest absolute Gasteiger partial charge is 0.406 e. The van der Waals surface area contributed by atoms with Crippen LogP contribution in [-0.4, -0.2) is 10.2 Å². The second-order valence-corrected chi connectivity index (χ2v) is 5.22. The quantitative estimate of drug-likeness (QED) is 0.863. The molecule has 1 unspecified atom stereocenters. The summed E-state index contributed by atoms with van der Waals surface area (Å²) in [7, 11) is 0. The molecule has 0 fully saturated rings. The van der Waals surface area contributed by atoms with E-state index in [-0.39, 0.29) is 5.38 Å². The lowest BCUT2D eigenvalue weighted by molar-refractivity contribution is 0.510. The number of hydrogen-bond donors (Lipinski definition) is 1. The normalized spacial score (nSPS) is 12.5. The van der Waals surface area contributed by atoms with Crippen LogP contribution in [0.4, 0.5) is 11.7 Å². The molecule has 1 N–H and O–H groups in total. The monoisotopic (exact) mass is 315 g/mol. The van der Waals surface area contributed by atoms with E-state index in [1.54, 1.807) is 6.92 Å². The summed E-state index contributed by atoms with van der Waals surface area (Å²) >= 11 is 9.25. The minimum atomic E-state index is -0.288. The van der Waals surface area contributed by atoms with Crippen molar-refractivity contribution in [1.29, 1.82) is 0 Å². The van der Waals surface area contributed by atoms with Gasteiger partial charge in [0, 0.05) is 10.2 Å². The van der Waals surface area contributed by atoms with Gasteiger partial charge >= 0.3 is 6.01 Å². The fourth-order valence-electron chi connectivity index (χ4n) is 1.33. The number of benzene rings is 1. The molecule has 0 bridgehead atoms. The van der Waals surface area contributed by atoms with E-state index in [9.17, 15) is 0 Å². The Morgan fingerprint density at radius 3 is 2.76 bits per heavy atom. The summed E-state index contributed by atoms with van der Waals surface area (Å²) in [6.07, 6.45) is 0. The summed E-state index contributed by atoms with van der Waals surface area (Å²) in [5.74, 6) is 0.406. The van der Waals surface area contributed by atoms with Crippen molar-refractivity contribution in [2.75, 3.05) is 5.32 Å². The molecule has 0 saturated heterocycles. The maximum absolute atomic E-state index is 5.84. The highest BCUT2D eigenvalue weighted by molar-refractivity contribution is 9.10. The molecule has 1 aromatic carbocycles. The highest BCUT2D eigenvalue weighted by Gasteiger charge is 2.11. The molecule has 17 heavy (non-hydrogen) atoms. The second kappa shape index (κ2) is 5.06. The highest BCUT2D eigenvalue weighted by atomic mass is 79.9. The van der Waals surface area contributed by atoms with Crippen LogP contribution in [0, 0.1) is 6.92 Å². The standard InChI is InChI=1S/C11H11BrClN3O/c1-6-5-8(12)3-4-9(6)14-11-16-15-10(17-11)7(2)13/h3-5,7H,1-2H3,(H,14,16). The summed E-state index contributed by atoms with van der Waals surface area (Å²) in [5, 5.41) is 10.5. The molecule has 0 spiro atoms. The third-order valence-corrected chi connectivity index (χ3v) is 2.89. The average Bonchev–Trinajstić information content (AvgIpc) is 2.71. The molecular weight excluding hydrogens is 305 g/mol. The lowest BCUT2D eigenvalue weighted by atomic mass is 10.2. The van der Waals surface area contributed by atoms with E-state index in [2.05, 4.69) is 31.4 Å². The molecule has 1 heterocycles. The Hall–Kier alpha value is -1.07. The van der Waals surface area contributed by atoms with Crippen molar-refractivity contribution in [2.45, 2.75) is 19.2 Å². The predicted molar refractivity (Wildman–Crippen MR) is 70.7 cm³/mol. The first kappa shape index (κ1) is 12.4. The highest BCUT2D eigenvalue weighted by Crippen LogP contribution is 2.25. The zero-order valence-electron chi connectivity index (χ0n) is 9.37. The van der Waals surface area contributed by atoms with Gasteiger partial charge in [-0.3, -0.25) is 0 Å². The van der Waals surface area contributed by atoms with Gasteiger partial charge in [-0.2, -0.15) is 0 Å². The molecule has 0 aliphatic heterocycles. The maximum Gasteiger partial charge on any atom is 0.320 e. The van der Waals surface area contributed by atoms with Gasteiger partial charge in [-0.1, -0.05) is 21.0 Å². The molecule has 2 aromatic rings. The van der Waals surface area contributed by atoms with Crippen molar-refractivity contribution < 1.29 is 4.42 Å². The van der Waals surface area contributed by atoms with E-state index in [4.69, 9.17) is 16.0 Å².